The summed E-state index contributed by atoms with van der Waals surface area (Å²) in [6.07, 6.45) is 5.11. The lowest BCUT2D eigenvalue weighted by atomic mass is 9.89. The highest BCUT2D eigenvalue weighted by atomic mass is 16.5. The number of H-pyrrole nitrogens is 1. The number of aromatic nitrogens is 1. The first-order valence-electron chi connectivity index (χ1n) is 8.26. The highest BCUT2D eigenvalue weighted by Gasteiger charge is 2.23. The van der Waals surface area contributed by atoms with Gasteiger partial charge >= 0.3 is 0 Å². The second kappa shape index (κ2) is 6.71. The quantitative estimate of drug-likeness (QED) is 0.892. The lowest BCUT2D eigenvalue weighted by Crippen LogP contribution is -2.38. The van der Waals surface area contributed by atoms with Crippen LogP contribution in [0.15, 0.2) is 24.4 Å². The van der Waals surface area contributed by atoms with Gasteiger partial charge in [-0.15, -0.1) is 0 Å². The predicted molar refractivity (Wildman–Crippen MR) is 89.6 cm³/mol. The minimum atomic E-state index is -0.186. The second-order valence-electron chi connectivity index (χ2n) is 6.29. The van der Waals surface area contributed by atoms with Crippen LogP contribution in [-0.4, -0.2) is 47.8 Å². The van der Waals surface area contributed by atoms with E-state index in [1.165, 1.54) is 16.5 Å². The number of nitrogens with zero attached hydrogens (tertiary/aromatic N) is 1. The minimum absolute atomic E-state index is 0.186. The van der Waals surface area contributed by atoms with Crippen molar-refractivity contribution in [3.05, 3.63) is 30.0 Å². The van der Waals surface area contributed by atoms with Crippen molar-refractivity contribution in [3.63, 3.8) is 0 Å². The molecule has 1 fully saturated rings. The van der Waals surface area contributed by atoms with Crippen LogP contribution in [0.25, 0.3) is 10.9 Å². The van der Waals surface area contributed by atoms with Gasteiger partial charge < -0.3 is 19.7 Å². The van der Waals surface area contributed by atoms with Gasteiger partial charge in [-0.05, 0) is 62.0 Å². The maximum absolute atomic E-state index is 9.80. The van der Waals surface area contributed by atoms with E-state index in [0.29, 0.717) is 5.92 Å². The summed E-state index contributed by atoms with van der Waals surface area (Å²) >= 11 is 0. The number of likely N-dealkylation sites (tertiary alicyclic amines) is 1. The molecule has 0 saturated carbocycles. The number of β-amino-alcohol motifs (C(OH)–C–C–N with tert-alkyl or cyclic N) is 1. The van der Waals surface area contributed by atoms with E-state index in [2.05, 4.69) is 28.2 Å². The molecule has 2 N–H and O–H groups in total. The van der Waals surface area contributed by atoms with Gasteiger partial charge in [0.15, 0.2) is 0 Å². The first kappa shape index (κ1) is 15.4. The molecule has 22 heavy (non-hydrogen) atoms. The summed E-state index contributed by atoms with van der Waals surface area (Å²) < 4.78 is 5.36. The van der Waals surface area contributed by atoms with Crippen LogP contribution in [0.4, 0.5) is 0 Å². The van der Waals surface area contributed by atoms with E-state index in [-0.39, 0.29) is 6.10 Å². The Labute approximate surface area is 132 Å². The summed E-state index contributed by atoms with van der Waals surface area (Å²) in [5.74, 6) is 1.51. The van der Waals surface area contributed by atoms with Crippen LogP contribution in [0.3, 0.4) is 0 Å². The Morgan fingerprint density at radius 3 is 2.82 bits per heavy atom. The van der Waals surface area contributed by atoms with Gasteiger partial charge in [0.2, 0.25) is 0 Å². The van der Waals surface area contributed by atoms with Crippen molar-refractivity contribution in [2.24, 2.45) is 0 Å². The number of aliphatic hydroxyl groups is 1. The third-order valence-corrected chi connectivity index (χ3v) is 4.89. The topological polar surface area (TPSA) is 48.5 Å². The number of nitrogens with one attached hydrogen (secondary N) is 1. The maximum atomic E-state index is 9.80. The molecule has 1 aromatic heterocycles. The molecule has 1 aromatic carbocycles. The van der Waals surface area contributed by atoms with Crippen LogP contribution < -0.4 is 4.74 Å². The van der Waals surface area contributed by atoms with E-state index in [1.807, 2.05) is 13.0 Å². The van der Waals surface area contributed by atoms with Gasteiger partial charge in [0.1, 0.15) is 5.75 Å². The van der Waals surface area contributed by atoms with Crippen LogP contribution >= 0.6 is 0 Å². The molecule has 1 aliphatic heterocycles. The molecule has 1 saturated heterocycles. The van der Waals surface area contributed by atoms with Crippen LogP contribution in [0.2, 0.25) is 0 Å². The second-order valence-corrected chi connectivity index (χ2v) is 6.29. The molecule has 1 atom stereocenters. The summed E-state index contributed by atoms with van der Waals surface area (Å²) in [5.41, 5.74) is 2.59. The zero-order chi connectivity index (χ0) is 15.5. The third kappa shape index (κ3) is 3.13. The molecule has 0 amide bonds. The molecule has 2 aromatic rings. The van der Waals surface area contributed by atoms with Gasteiger partial charge in [0, 0.05) is 23.6 Å². The number of methoxy groups -OCH3 is 1. The van der Waals surface area contributed by atoms with Gasteiger partial charge in [-0.1, -0.05) is 6.92 Å². The van der Waals surface area contributed by atoms with Crippen molar-refractivity contribution >= 4 is 10.9 Å². The average Bonchev–Trinajstić information content (AvgIpc) is 2.98. The normalized spacial score (nSPS) is 18.7. The molecule has 4 heteroatoms. The Balaban J connectivity index is 1.71. The van der Waals surface area contributed by atoms with Gasteiger partial charge in [0.25, 0.3) is 0 Å². The Kier molecular flexibility index (Phi) is 4.69. The summed E-state index contributed by atoms with van der Waals surface area (Å²) in [6, 6.07) is 6.22. The van der Waals surface area contributed by atoms with Crippen LogP contribution in [0.5, 0.6) is 5.75 Å². The number of aromatic amines is 1. The van der Waals surface area contributed by atoms with Crippen LogP contribution in [0.1, 0.15) is 37.7 Å². The van der Waals surface area contributed by atoms with E-state index < -0.39 is 0 Å². The molecule has 4 nitrogen and oxygen atoms in total. The monoisotopic (exact) mass is 302 g/mol. The van der Waals surface area contributed by atoms with Gasteiger partial charge in [0.05, 0.1) is 13.2 Å². The molecule has 120 valence electrons. The average molecular weight is 302 g/mol. The van der Waals surface area contributed by atoms with Crippen molar-refractivity contribution in [3.8, 4) is 5.75 Å². The van der Waals surface area contributed by atoms with Crippen LogP contribution in [0, 0.1) is 0 Å². The van der Waals surface area contributed by atoms with E-state index in [4.69, 9.17) is 4.74 Å². The number of hydrogen-bond donors (Lipinski definition) is 2. The van der Waals surface area contributed by atoms with E-state index in [9.17, 15) is 5.11 Å². The number of ether oxygens (including phenoxy) is 1. The fourth-order valence-corrected chi connectivity index (χ4v) is 3.44. The molecule has 0 radical (unpaired) electrons. The highest BCUT2D eigenvalue weighted by molar-refractivity contribution is 5.85. The molecule has 0 bridgehead atoms. The minimum Gasteiger partial charge on any atom is -0.497 e. The van der Waals surface area contributed by atoms with Crippen molar-refractivity contribution in [1.29, 1.82) is 0 Å². The summed E-state index contributed by atoms with van der Waals surface area (Å²) in [5, 5.41) is 11.1. The molecule has 2 heterocycles. The molecule has 1 aliphatic rings. The van der Waals surface area contributed by atoms with E-state index in [1.54, 1.807) is 7.11 Å². The molecule has 0 aliphatic carbocycles. The fraction of sp³-hybridized carbons (Fsp3) is 0.556. The molecular formula is C18H26N2O2. The van der Waals surface area contributed by atoms with E-state index in [0.717, 1.165) is 44.6 Å². The Bertz CT molecular complexity index is 615. The first-order valence-corrected chi connectivity index (χ1v) is 8.26. The number of aliphatic hydroxyl groups excluding tert-OH is 1. The maximum Gasteiger partial charge on any atom is 0.119 e. The lowest BCUT2D eigenvalue weighted by Gasteiger charge is -2.33. The standard InChI is InChI=1S/C18H26N2O2/c1-3-14(21)12-20-8-6-13(7-9-20)17-11-19-18-5-4-15(22-2)10-16(17)18/h4-5,10-11,13-14,19,21H,3,6-9,12H2,1-2H3. The van der Waals surface area contributed by atoms with E-state index >= 15 is 0 Å². The Hall–Kier alpha value is -1.52. The third-order valence-electron chi connectivity index (χ3n) is 4.89. The molecule has 0 spiro atoms. The number of fused-ring (bicyclic) bond motifs is 1. The van der Waals surface area contributed by atoms with Gasteiger partial charge in [-0.3, -0.25) is 0 Å². The fourth-order valence-electron chi connectivity index (χ4n) is 3.44. The number of benzene rings is 1. The smallest absolute Gasteiger partial charge is 0.119 e. The zero-order valence-corrected chi connectivity index (χ0v) is 13.5. The largest absolute Gasteiger partial charge is 0.497 e. The van der Waals surface area contributed by atoms with Gasteiger partial charge in [-0.2, -0.15) is 0 Å². The summed E-state index contributed by atoms with van der Waals surface area (Å²) in [6.45, 7) is 4.98. The predicted octanol–water partition coefficient (Wildman–Crippen LogP) is 3.13. The van der Waals surface area contributed by atoms with Gasteiger partial charge in [-0.25, -0.2) is 0 Å². The Morgan fingerprint density at radius 1 is 1.36 bits per heavy atom. The summed E-state index contributed by atoms with van der Waals surface area (Å²) in [7, 11) is 1.71. The Morgan fingerprint density at radius 2 is 2.14 bits per heavy atom. The highest BCUT2D eigenvalue weighted by Crippen LogP contribution is 2.34. The molecular weight excluding hydrogens is 276 g/mol. The molecule has 3 rings (SSSR count). The summed E-state index contributed by atoms with van der Waals surface area (Å²) in [4.78, 5) is 5.77. The van der Waals surface area contributed by atoms with Crippen molar-refractivity contribution in [2.75, 3.05) is 26.7 Å². The number of hydrogen-bond acceptors (Lipinski definition) is 3. The van der Waals surface area contributed by atoms with Crippen molar-refractivity contribution < 1.29 is 9.84 Å². The number of piperidine rings is 1. The number of rotatable bonds is 5. The van der Waals surface area contributed by atoms with Crippen LogP contribution in [-0.2, 0) is 0 Å². The molecule has 1 unspecified atom stereocenters. The van der Waals surface area contributed by atoms with Crippen molar-refractivity contribution in [1.82, 2.24) is 9.88 Å². The SMILES string of the molecule is CCC(O)CN1CCC(c2c[nH]c3ccc(OC)cc23)CC1. The lowest BCUT2D eigenvalue weighted by molar-refractivity contribution is 0.0945. The van der Waals surface area contributed by atoms with Crippen molar-refractivity contribution in [2.45, 2.75) is 38.2 Å². The zero-order valence-electron chi connectivity index (χ0n) is 13.5. The first-order chi connectivity index (χ1) is 10.7.